The number of aromatic nitrogens is 2. The molecule has 0 saturated heterocycles. The van der Waals surface area contributed by atoms with Gasteiger partial charge >= 0.3 is 0 Å². The molecule has 0 aliphatic rings. The fourth-order valence-electron chi connectivity index (χ4n) is 2.74. The van der Waals surface area contributed by atoms with Crippen LogP contribution in [0.4, 0.5) is 0 Å². The quantitative estimate of drug-likeness (QED) is 0.487. The van der Waals surface area contributed by atoms with Crippen LogP contribution in [0.25, 0.3) is 0 Å². The molecule has 0 aliphatic heterocycles. The van der Waals surface area contributed by atoms with E-state index in [9.17, 15) is 4.79 Å². The first-order valence-electron chi connectivity index (χ1n) is 8.91. The molecule has 3 rings (SSSR count). The largest absolute Gasteiger partial charge is 0.489 e. The van der Waals surface area contributed by atoms with Crippen molar-refractivity contribution < 1.29 is 9.53 Å². The highest BCUT2D eigenvalue weighted by atomic mass is 79.9. The Labute approximate surface area is 178 Å². The van der Waals surface area contributed by atoms with Crippen LogP contribution in [0.1, 0.15) is 28.5 Å². The smallest absolute Gasteiger partial charge is 0.253 e. The van der Waals surface area contributed by atoms with Crippen molar-refractivity contribution in [2.24, 2.45) is 0 Å². The van der Waals surface area contributed by atoms with Crippen LogP contribution in [0, 0.1) is 0 Å². The van der Waals surface area contributed by atoms with Gasteiger partial charge in [-0.3, -0.25) is 9.48 Å². The summed E-state index contributed by atoms with van der Waals surface area (Å²) < 4.78 is 8.51. The predicted octanol–water partition coefficient (Wildman–Crippen LogP) is 5.17. The molecule has 146 valence electrons. The molecule has 0 unspecified atom stereocenters. The van der Waals surface area contributed by atoms with Gasteiger partial charge in [0.15, 0.2) is 0 Å². The van der Waals surface area contributed by atoms with Gasteiger partial charge in [0.05, 0.1) is 16.7 Å². The predicted molar refractivity (Wildman–Crippen MR) is 114 cm³/mol. The summed E-state index contributed by atoms with van der Waals surface area (Å²) in [6.45, 7) is 3.59. The van der Waals surface area contributed by atoms with Crippen molar-refractivity contribution in [1.29, 1.82) is 0 Å². The van der Waals surface area contributed by atoms with Crippen LogP contribution in [-0.4, -0.2) is 27.6 Å². The number of ether oxygens (including phenoxy) is 1. The van der Waals surface area contributed by atoms with Gasteiger partial charge in [0.25, 0.3) is 5.91 Å². The highest BCUT2D eigenvalue weighted by molar-refractivity contribution is 9.10. The second kappa shape index (κ2) is 9.26. The van der Waals surface area contributed by atoms with Crippen LogP contribution in [0.3, 0.4) is 0 Å². The zero-order valence-corrected chi connectivity index (χ0v) is 18.1. The van der Waals surface area contributed by atoms with Crippen LogP contribution >= 0.6 is 27.5 Å². The zero-order chi connectivity index (χ0) is 20.1. The lowest BCUT2D eigenvalue weighted by molar-refractivity contribution is 0.0782. The summed E-state index contributed by atoms with van der Waals surface area (Å²) in [5.41, 5.74) is 2.36. The number of nitrogens with zero attached hydrogens (tertiary/aromatic N) is 3. The van der Waals surface area contributed by atoms with Gasteiger partial charge in [-0.25, -0.2) is 0 Å². The molecule has 28 heavy (non-hydrogen) atoms. The van der Waals surface area contributed by atoms with E-state index in [1.54, 1.807) is 30.1 Å². The topological polar surface area (TPSA) is 47.4 Å². The van der Waals surface area contributed by atoms with Gasteiger partial charge in [-0.05, 0) is 58.7 Å². The van der Waals surface area contributed by atoms with Gasteiger partial charge in [-0.15, -0.1) is 0 Å². The minimum absolute atomic E-state index is 0.0671. The third kappa shape index (κ3) is 5.14. The van der Waals surface area contributed by atoms with Crippen molar-refractivity contribution in [3.05, 3.63) is 81.0 Å². The molecule has 0 spiro atoms. The van der Waals surface area contributed by atoms with E-state index in [1.807, 2.05) is 48.1 Å². The Bertz CT molecular complexity index is 974. The van der Waals surface area contributed by atoms with Gasteiger partial charge < -0.3 is 9.64 Å². The Morgan fingerprint density at radius 1 is 1.25 bits per heavy atom. The fourth-order valence-corrected chi connectivity index (χ4v) is 3.36. The molecule has 0 atom stereocenters. The molecule has 7 heteroatoms. The van der Waals surface area contributed by atoms with Crippen molar-refractivity contribution >= 4 is 33.4 Å². The van der Waals surface area contributed by atoms with Crippen LogP contribution in [0.2, 0.25) is 5.02 Å². The van der Waals surface area contributed by atoms with Gasteiger partial charge in [-0.1, -0.05) is 29.8 Å². The number of hydrogen-bond donors (Lipinski definition) is 0. The molecule has 0 aliphatic carbocycles. The maximum absolute atomic E-state index is 12.8. The number of benzene rings is 2. The van der Waals surface area contributed by atoms with E-state index < -0.39 is 0 Å². The Balaban J connectivity index is 1.66. The number of rotatable bonds is 7. The van der Waals surface area contributed by atoms with E-state index in [-0.39, 0.29) is 5.91 Å². The monoisotopic (exact) mass is 461 g/mol. The number of halogens is 2. The number of carbonyl (C=O) groups excluding carboxylic acids is 1. The van der Waals surface area contributed by atoms with Crippen molar-refractivity contribution in [2.75, 3.05) is 7.05 Å². The zero-order valence-electron chi connectivity index (χ0n) is 15.7. The highest BCUT2D eigenvalue weighted by Gasteiger charge is 2.16. The minimum atomic E-state index is -0.0671. The molecule has 0 radical (unpaired) electrons. The van der Waals surface area contributed by atoms with E-state index >= 15 is 0 Å². The van der Waals surface area contributed by atoms with Gasteiger partial charge in [0.2, 0.25) is 0 Å². The van der Waals surface area contributed by atoms with Gasteiger partial charge in [-0.2, -0.15) is 5.10 Å². The number of carbonyl (C=O) groups is 1. The molecule has 1 amide bonds. The Morgan fingerprint density at radius 3 is 2.75 bits per heavy atom. The van der Waals surface area contributed by atoms with Crippen molar-refractivity contribution in [1.82, 2.24) is 14.7 Å². The SMILES string of the molecule is CCn1cc(Br)c(CN(C)C(=O)c2cccc(COc3cccc(Cl)c3)c2)n1. The van der Waals surface area contributed by atoms with Crippen molar-refractivity contribution in [3.8, 4) is 5.75 Å². The van der Waals surface area contributed by atoms with Gasteiger partial charge in [0, 0.05) is 30.4 Å². The van der Waals surface area contributed by atoms with Crippen molar-refractivity contribution in [2.45, 2.75) is 26.6 Å². The maximum atomic E-state index is 12.8. The second-order valence-electron chi connectivity index (χ2n) is 6.39. The number of aryl methyl sites for hydroxylation is 1. The lowest BCUT2D eigenvalue weighted by Gasteiger charge is -2.17. The minimum Gasteiger partial charge on any atom is -0.489 e. The van der Waals surface area contributed by atoms with E-state index in [4.69, 9.17) is 16.3 Å². The van der Waals surface area contributed by atoms with E-state index in [1.165, 1.54) is 0 Å². The summed E-state index contributed by atoms with van der Waals surface area (Å²) in [4.78, 5) is 14.5. The third-order valence-corrected chi connectivity index (χ3v) is 5.12. The van der Waals surface area contributed by atoms with E-state index in [0.29, 0.717) is 29.5 Å². The van der Waals surface area contributed by atoms with Crippen LogP contribution < -0.4 is 4.74 Å². The molecular formula is C21H21BrClN3O2. The first-order valence-corrected chi connectivity index (χ1v) is 10.1. The first kappa shape index (κ1) is 20.4. The lowest BCUT2D eigenvalue weighted by Crippen LogP contribution is -2.26. The number of hydrogen-bond acceptors (Lipinski definition) is 3. The van der Waals surface area contributed by atoms with E-state index in [0.717, 1.165) is 22.3 Å². The average Bonchev–Trinajstić information content (AvgIpc) is 3.05. The normalized spacial score (nSPS) is 10.7. The summed E-state index contributed by atoms with van der Waals surface area (Å²) >= 11 is 9.48. The van der Waals surface area contributed by atoms with Gasteiger partial charge in [0.1, 0.15) is 12.4 Å². The molecular weight excluding hydrogens is 442 g/mol. The van der Waals surface area contributed by atoms with Crippen LogP contribution in [0.15, 0.2) is 59.2 Å². The second-order valence-corrected chi connectivity index (χ2v) is 7.68. The maximum Gasteiger partial charge on any atom is 0.253 e. The summed E-state index contributed by atoms with van der Waals surface area (Å²) in [7, 11) is 1.77. The molecule has 5 nitrogen and oxygen atoms in total. The summed E-state index contributed by atoms with van der Waals surface area (Å²) in [6.07, 6.45) is 1.92. The molecule has 2 aromatic carbocycles. The standard InChI is InChI=1S/C21H21BrClN3O2/c1-3-26-12-19(22)20(24-26)13-25(2)21(27)16-7-4-6-15(10-16)14-28-18-9-5-8-17(23)11-18/h4-12H,3,13-14H2,1-2H3. The third-order valence-electron chi connectivity index (χ3n) is 4.22. The van der Waals surface area contributed by atoms with Crippen LogP contribution in [0.5, 0.6) is 5.75 Å². The molecule has 0 N–H and O–H groups in total. The summed E-state index contributed by atoms with van der Waals surface area (Å²) in [6, 6.07) is 14.7. The number of amides is 1. The van der Waals surface area contributed by atoms with Crippen LogP contribution in [-0.2, 0) is 19.7 Å². The molecule has 1 aromatic heterocycles. The first-order chi connectivity index (χ1) is 13.5. The fraction of sp³-hybridized carbons (Fsp3) is 0.238. The molecule has 0 bridgehead atoms. The van der Waals surface area contributed by atoms with E-state index in [2.05, 4.69) is 21.0 Å². The summed E-state index contributed by atoms with van der Waals surface area (Å²) in [5, 5.41) is 5.10. The Morgan fingerprint density at radius 2 is 2.04 bits per heavy atom. The van der Waals surface area contributed by atoms with Crippen molar-refractivity contribution in [3.63, 3.8) is 0 Å². The summed E-state index contributed by atoms with van der Waals surface area (Å²) in [5.74, 6) is 0.625. The Kier molecular flexibility index (Phi) is 6.75. The molecule has 0 fully saturated rings. The Hall–Kier alpha value is -2.31. The average molecular weight is 463 g/mol. The molecule has 1 heterocycles. The highest BCUT2D eigenvalue weighted by Crippen LogP contribution is 2.20. The molecule has 0 saturated carbocycles. The molecule has 3 aromatic rings. The lowest BCUT2D eigenvalue weighted by atomic mass is 10.1.